The highest BCUT2D eigenvalue weighted by atomic mass is 32.2. The van der Waals surface area contributed by atoms with Crippen molar-refractivity contribution >= 4 is 21.1 Å². The van der Waals surface area contributed by atoms with Crippen molar-refractivity contribution in [3.8, 4) is 5.75 Å². The summed E-state index contributed by atoms with van der Waals surface area (Å²) in [5.41, 5.74) is 0.548. The van der Waals surface area contributed by atoms with Gasteiger partial charge in [-0.25, -0.2) is 4.79 Å². The second kappa shape index (κ2) is 3.89. The van der Waals surface area contributed by atoms with E-state index in [0.29, 0.717) is 11.0 Å². The molecule has 6 heteroatoms. The largest absolute Gasteiger partial charge is 0.422 e. The van der Waals surface area contributed by atoms with E-state index in [1.165, 1.54) is 0 Å². The van der Waals surface area contributed by atoms with Crippen molar-refractivity contribution in [2.45, 2.75) is 6.92 Å². The van der Waals surface area contributed by atoms with Gasteiger partial charge in [-0.1, -0.05) is 11.6 Å². The van der Waals surface area contributed by atoms with Gasteiger partial charge in [-0.05, 0) is 19.1 Å². The van der Waals surface area contributed by atoms with Gasteiger partial charge in [-0.15, -0.1) is 0 Å². The van der Waals surface area contributed by atoms with Crippen molar-refractivity contribution in [3.05, 3.63) is 40.2 Å². The number of hydrogen-bond donors (Lipinski definition) is 0. The van der Waals surface area contributed by atoms with Crippen LogP contribution in [0.2, 0.25) is 0 Å². The molecule has 2 aromatic rings. The molecule has 0 atom stereocenters. The molecular weight excluding hydrogens is 244 g/mol. The summed E-state index contributed by atoms with van der Waals surface area (Å²) in [5.74, 6) is -0.0116. The van der Waals surface area contributed by atoms with Crippen LogP contribution in [0.5, 0.6) is 5.75 Å². The molecule has 1 aromatic carbocycles. The van der Waals surface area contributed by atoms with Crippen LogP contribution in [0.25, 0.3) is 11.0 Å². The van der Waals surface area contributed by atoms with Gasteiger partial charge in [-0.2, -0.15) is 8.42 Å². The molecule has 0 saturated heterocycles. The van der Waals surface area contributed by atoms with Crippen LogP contribution in [0, 0.1) is 6.92 Å². The Morgan fingerprint density at radius 2 is 1.94 bits per heavy atom. The van der Waals surface area contributed by atoms with Gasteiger partial charge in [0.15, 0.2) is 5.75 Å². The smallest absolute Gasteiger partial charge is 0.340 e. The van der Waals surface area contributed by atoms with Gasteiger partial charge in [0.05, 0.1) is 17.7 Å². The first-order valence-electron chi connectivity index (χ1n) is 4.79. The molecule has 0 aliphatic carbocycles. The van der Waals surface area contributed by atoms with Gasteiger partial charge < -0.3 is 8.60 Å². The van der Waals surface area contributed by atoms with Crippen molar-refractivity contribution in [2.24, 2.45) is 0 Å². The van der Waals surface area contributed by atoms with Crippen molar-refractivity contribution < 1.29 is 17.0 Å². The van der Waals surface area contributed by atoms with Crippen LogP contribution in [0.4, 0.5) is 0 Å². The molecule has 5 nitrogen and oxygen atoms in total. The van der Waals surface area contributed by atoms with E-state index in [4.69, 9.17) is 8.60 Å². The Bertz CT molecular complexity index is 727. The molecule has 0 N–H and O–H groups in total. The average molecular weight is 254 g/mol. The Labute approximate surface area is 97.8 Å². The lowest BCUT2D eigenvalue weighted by molar-refractivity contribution is 0.488. The average Bonchev–Trinajstić information content (AvgIpc) is 2.16. The maximum atomic E-state index is 11.2. The number of rotatable bonds is 2. The molecule has 0 unspecified atom stereocenters. The summed E-state index contributed by atoms with van der Waals surface area (Å²) in [6, 6.07) is 6.07. The van der Waals surface area contributed by atoms with Crippen LogP contribution in [-0.2, 0) is 10.1 Å². The lowest BCUT2D eigenvalue weighted by atomic mass is 10.1. The highest BCUT2D eigenvalue weighted by Crippen LogP contribution is 2.25. The first-order chi connectivity index (χ1) is 7.85. The molecule has 90 valence electrons. The fourth-order valence-corrected chi connectivity index (χ4v) is 1.94. The van der Waals surface area contributed by atoms with Crippen LogP contribution in [-0.4, -0.2) is 14.7 Å². The van der Waals surface area contributed by atoms with Gasteiger partial charge in [0.1, 0.15) is 5.58 Å². The van der Waals surface area contributed by atoms with Gasteiger partial charge in [-0.3, -0.25) is 0 Å². The SMILES string of the molecule is Cc1ccc2oc(=O)cc(OS(C)(=O)=O)c2c1. The zero-order valence-corrected chi connectivity index (χ0v) is 10.1. The summed E-state index contributed by atoms with van der Waals surface area (Å²) in [6.07, 6.45) is 0.920. The first kappa shape index (κ1) is 11.7. The molecule has 1 heterocycles. The fraction of sp³-hybridized carbons (Fsp3) is 0.182. The predicted molar refractivity (Wildman–Crippen MR) is 62.7 cm³/mol. The van der Waals surface area contributed by atoms with Gasteiger partial charge in [0.2, 0.25) is 0 Å². The second-order valence-electron chi connectivity index (χ2n) is 3.72. The Balaban J connectivity index is 2.76. The quantitative estimate of drug-likeness (QED) is 0.599. The maximum Gasteiger partial charge on any atom is 0.340 e. The summed E-state index contributed by atoms with van der Waals surface area (Å²) >= 11 is 0. The molecule has 2 rings (SSSR count). The molecule has 0 amide bonds. The Morgan fingerprint density at radius 1 is 1.24 bits per heavy atom. The normalized spacial score (nSPS) is 11.6. The van der Waals surface area contributed by atoms with Gasteiger partial charge >= 0.3 is 15.7 Å². The predicted octanol–water partition coefficient (Wildman–Crippen LogP) is 1.44. The Kier molecular flexibility index (Phi) is 2.66. The zero-order chi connectivity index (χ0) is 12.6. The second-order valence-corrected chi connectivity index (χ2v) is 5.29. The molecular formula is C11H10O5S. The van der Waals surface area contributed by atoms with E-state index < -0.39 is 15.7 Å². The van der Waals surface area contributed by atoms with E-state index in [0.717, 1.165) is 17.9 Å². The zero-order valence-electron chi connectivity index (χ0n) is 9.26. The summed E-state index contributed by atoms with van der Waals surface area (Å²) in [4.78, 5) is 11.2. The van der Waals surface area contributed by atoms with Crippen LogP contribution in [0.1, 0.15) is 5.56 Å². The third-order valence-electron chi connectivity index (χ3n) is 2.10. The monoisotopic (exact) mass is 254 g/mol. The molecule has 0 radical (unpaired) electrons. The number of fused-ring (bicyclic) bond motifs is 1. The highest BCUT2D eigenvalue weighted by Gasteiger charge is 2.11. The van der Waals surface area contributed by atoms with Crippen LogP contribution in [0.15, 0.2) is 33.5 Å². The number of hydrogen-bond acceptors (Lipinski definition) is 5. The minimum absolute atomic E-state index is 0.0116. The standard InChI is InChI=1S/C11H10O5S/c1-7-3-4-9-8(5-7)10(6-11(12)15-9)16-17(2,13)14/h3-6H,1-2H3. The molecule has 1 aromatic heterocycles. The molecule has 0 bridgehead atoms. The summed E-state index contributed by atoms with van der Waals surface area (Å²) in [7, 11) is -3.68. The van der Waals surface area contributed by atoms with E-state index in [1.54, 1.807) is 18.2 Å². The van der Waals surface area contributed by atoms with Crippen LogP contribution < -0.4 is 9.81 Å². The van der Waals surface area contributed by atoms with E-state index >= 15 is 0 Å². The molecule has 17 heavy (non-hydrogen) atoms. The van der Waals surface area contributed by atoms with Gasteiger partial charge in [0.25, 0.3) is 0 Å². The van der Waals surface area contributed by atoms with E-state index in [9.17, 15) is 13.2 Å². The summed E-state index contributed by atoms with van der Waals surface area (Å²) in [5, 5.41) is 0.454. The first-order valence-corrected chi connectivity index (χ1v) is 6.61. The molecule has 0 aliphatic heterocycles. The minimum Gasteiger partial charge on any atom is -0.422 e. The summed E-state index contributed by atoms with van der Waals surface area (Å²) < 4.78 is 31.9. The fourth-order valence-electron chi connectivity index (χ4n) is 1.48. The lowest BCUT2D eigenvalue weighted by Crippen LogP contribution is -2.08. The van der Waals surface area contributed by atoms with Crippen molar-refractivity contribution in [2.75, 3.05) is 6.26 Å². The third kappa shape index (κ3) is 2.65. The van der Waals surface area contributed by atoms with Crippen molar-refractivity contribution in [3.63, 3.8) is 0 Å². The maximum absolute atomic E-state index is 11.2. The van der Waals surface area contributed by atoms with Gasteiger partial charge in [0, 0.05) is 0 Å². The number of benzene rings is 1. The topological polar surface area (TPSA) is 73.6 Å². The molecule has 0 saturated carbocycles. The molecule has 0 fully saturated rings. The van der Waals surface area contributed by atoms with E-state index in [2.05, 4.69) is 0 Å². The van der Waals surface area contributed by atoms with E-state index in [-0.39, 0.29) is 5.75 Å². The number of aryl methyl sites for hydroxylation is 1. The molecule has 0 spiro atoms. The Hall–Kier alpha value is -1.82. The molecule has 0 aliphatic rings. The van der Waals surface area contributed by atoms with Crippen LogP contribution in [0.3, 0.4) is 0 Å². The van der Waals surface area contributed by atoms with Crippen LogP contribution >= 0.6 is 0 Å². The minimum atomic E-state index is -3.68. The Morgan fingerprint density at radius 3 is 2.59 bits per heavy atom. The van der Waals surface area contributed by atoms with E-state index in [1.807, 2.05) is 6.92 Å². The van der Waals surface area contributed by atoms with Crippen molar-refractivity contribution in [1.29, 1.82) is 0 Å². The lowest BCUT2D eigenvalue weighted by Gasteiger charge is -2.06. The van der Waals surface area contributed by atoms with Crippen molar-refractivity contribution in [1.82, 2.24) is 0 Å². The summed E-state index contributed by atoms with van der Waals surface area (Å²) in [6.45, 7) is 1.84. The highest BCUT2D eigenvalue weighted by molar-refractivity contribution is 7.86. The third-order valence-corrected chi connectivity index (χ3v) is 2.58.